The minimum atomic E-state index is -0.526. The van der Waals surface area contributed by atoms with Gasteiger partial charge < -0.3 is 15.8 Å². The van der Waals surface area contributed by atoms with Gasteiger partial charge in [0.2, 0.25) is 17.7 Å². The van der Waals surface area contributed by atoms with E-state index in [4.69, 9.17) is 10.5 Å². The van der Waals surface area contributed by atoms with Crippen molar-refractivity contribution in [2.45, 2.75) is 18.9 Å². The Balaban J connectivity index is 1.45. The van der Waals surface area contributed by atoms with Gasteiger partial charge in [-0.2, -0.15) is 0 Å². The zero-order chi connectivity index (χ0) is 21.6. The first-order chi connectivity index (χ1) is 15.1. The van der Waals surface area contributed by atoms with Crippen LogP contribution in [-0.2, 0) is 4.79 Å². The van der Waals surface area contributed by atoms with Gasteiger partial charge in [-0.15, -0.1) is 0 Å². The number of nitrogens with zero attached hydrogens (tertiary/aromatic N) is 2. The van der Waals surface area contributed by atoms with Crippen molar-refractivity contribution >= 4 is 17.5 Å². The minimum absolute atomic E-state index is 0.0854. The summed E-state index contributed by atoms with van der Waals surface area (Å²) < 4.78 is 5.69. The first-order valence-electron chi connectivity index (χ1n) is 10.2. The van der Waals surface area contributed by atoms with E-state index in [0.29, 0.717) is 22.9 Å². The summed E-state index contributed by atoms with van der Waals surface area (Å²) in [4.78, 5) is 30.9. The molecular formula is C24H24N4O3. The second kappa shape index (κ2) is 9.40. The number of anilines is 1. The predicted molar refractivity (Wildman–Crippen MR) is 118 cm³/mol. The Kier molecular flexibility index (Phi) is 6.24. The number of nitrogens with two attached hydrogens (primary N) is 1. The van der Waals surface area contributed by atoms with Gasteiger partial charge in [0.1, 0.15) is 11.8 Å². The third-order valence-corrected chi connectivity index (χ3v) is 5.21. The predicted octanol–water partition coefficient (Wildman–Crippen LogP) is 3.75. The molecule has 0 bridgehead atoms. The summed E-state index contributed by atoms with van der Waals surface area (Å²) in [5.74, 6) is 0.192. The van der Waals surface area contributed by atoms with E-state index in [-0.39, 0.29) is 11.9 Å². The van der Waals surface area contributed by atoms with Crippen LogP contribution in [-0.4, -0.2) is 34.8 Å². The number of ether oxygens (including phenoxy) is 1. The van der Waals surface area contributed by atoms with E-state index in [1.165, 1.54) is 0 Å². The van der Waals surface area contributed by atoms with E-state index in [1.54, 1.807) is 42.6 Å². The molecule has 4 rings (SSSR count). The Morgan fingerprint density at radius 2 is 1.77 bits per heavy atom. The fourth-order valence-corrected chi connectivity index (χ4v) is 3.72. The lowest BCUT2D eigenvalue weighted by Gasteiger charge is -2.26. The summed E-state index contributed by atoms with van der Waals surface area (Å²) in [5.41, 5.74) is 7.22. The molecule has 3 aromatic rings. The smallest absolute Gasteiger partial charge is 0.248 e. The largest absolute Gasteiger partial charge is 0.439 e. The number of hydrogen-bond acceptors (Lipinski definition) is 5. The zero-order valence-electron chi connectivity index (χ0n) is 17.0. The van der Waals surface area contributed by atoms with Gasteiger partial charge in [0, 0.05) is 11.6 Å². The molecule has 0 saturated carbocycles. The molecule has 31 heavy (non-hydrogen) atoms. The van der Waals surface area contributed by atoms with Gasteiger partial charge in [0.05, 0.1) is 11.9 Å². The molecule has 158 valence electrons. The van der Waals surface area contributed by atoms with Crippen LogP contribution in [0.1, 0.15) is 34.8 Å². The fourth-order valence-electron chi connectivity index (χ4n) is 3.72. The second-order valence-corrected chi connectivity index (χ2v) is 7.42. The Hall–Kier alpha value is -3.71. The van der Waals surface area contributed by atoms with Gasteiger partial charge in [-0.05, 0) is 55.8 Å². The lowest BCUT2D eigenvalue weighted by molar-refractivity contribution is -0.121. The van der Waals surface area contributed by atoms with Crippen LogP contribution >= 0.6 is 0 Å². The summed E-state index contributed by atoms with van der Waals surface area (Å²) >= 11 is 0. The quantitative estimate of drug-likeness (QED) is 0.611. The standard InChI is InChI=1S/C24H24N4O3/c25-23(29)18-9-6-10-20(15-18)31-21-12-11-19(16-26-21)27-24(30)22(28-13-4-5-14-28)17-7-2-1-3-8-17/h1-3,6-12,15-16,22H,4-5,13-14H2,(H2,25,29)(H,27,30). The number of primary amides is 1. The van der Waals surface area contributed by atoms with Crippen LogP contribution in [0.5, 0.6) is 11.6 Å². The average molecular weight is 416 g/mol. The number of carbonyl (C=O) groups excluding carboxylic acids is 2. The van der Waals surface area contributed by atoms with Crippen molar-refractivity contribution < 1.29 is 14.3 Å². The van der Waals surface area contributed by atoms with Gasteiger partial charge in [0.25, 0.3) is 0 Å². The van der Waals surface area contributed by atoms with Crippen LogP contribution in [0.15, 0.2) is 72.9 Å². The molecule has 7 heteroatoms. The van der Waals surface area contributed by atoms with Gasteiger partial charge in [-0.1, -0.05) is 36.4 Å². The maximum atomic E-state index is 13.1. The number of benzene rings is 2. The van der Waals surface area contributed by atoms with E-state index < -0.39 is 5.91 Å². The topological polar surface area (TPSA) is 97.6 Å². The summed E-state index contributed by atoms with van der Waals surface area (Å²) in [6.07, 6.45) is 3.75. The number of rotatable bonds is 7. The van der Waals surface area contributed by atoms with Crippen molar-refractivity contribution in [2.75, 3.05) is 18.4 Å². The van der Waals surface area contributed by atoms with Crippen LogP contribution < -0.4 is 15.8 Å². The highest BCUT2D eigenvalue weighted by molar-refractivity contribution is 5.95. The van der Waals surface area contributed by atoms with Crippen LogP contribution in [0.3, 0.4) is 0 Å². The van der Waals surface area contributed by atoms with Crippen molar-refractivity contribution in [1.29, 1.82) is 0 Å². The fraction of sp³-hybridized carbons (Fsp3) is 0.208. The normalized spacial score (nSPS) is 14.7. The molecule has 1 aromatic heterocycles. The van der Waals surface area contributed by atoms with E-state index >= 15 is 0 Å². The molecule has 1 aliphatic heterocycles. The number of carbonyl (C=O) groups is 2. The van der Waals surface area contributed by atoms with Crippen molar-refractivity contribution in [2.24, 2.45) is 5.73 Å². The number of pyridine rings is 1. The molecule has 0 radical (unpaired) electrons. The van der Waals surface area contributed by atoms with Crippen LogP contribution in [0.2, 0.25) is 0 Å². The monoisotopic (exact) mass is 416 g/mol. The molecule has 2 aromatic carbocycles. The third-order valence-electron chi connectivity index (χ3n) is 5.21. The molecule has 2 amide bonds. The Labute approximate surface area is 180 Å². The van der Waals surface area contributed by atoms with Gasteiger partial charge in [0.15, 0.2) is 0 Å². The first kappa shape index (κ1) is 20.6. The van der Waals surface area contributed by atoms with Crippen molar-refractivity contribution in [3.8, 4) is 11.6 Å². The minimum Gasteiger partial charge on any atom is -0.439 e. The lowest BCUT2D eigenvalue weighted by atomic mass is 10.0. The number of nitrogens with one attached hydrogen (secondary N) is 1. The number of hydrogen-bond donors (Lipinski definition) is 2. The van der Waals surface area contributed by atoms with Crippen LogP contribution in [0, 0.1) is 0 Å². The molecular weight excluding hydrogens is 392 g/mol. The maximum absolute atomic E-state index is 13.1. The highest BCUT2D eigenvalue weighted by Gasteiger charge is 2.29. The number of amides is 2. The molecule has 7 nitrogen and oxygen atoms in total. The highest BCUT2D eigenvalue weighted by atomic mass is 16.5. The van der Waals surface area contributed by atoms with E-state index in [1.807, 2.05) is 30.3 Å². The second-order valence-electron chi connectivity index (χ2n) is 7.42. The number of aromatic nitrogens is 1. The summed E-state index contributed by atoms with van der Waals surface area (Å²) in [7, 11) is 0. The van der Waals surface area contributed by atoms with Crippen molar-refractivity contribution in [3.63, 3.8) is 0 Å². The Morgan fingerprint density at radius 1 is 1.00 bits per heavy atom. The SMILES string of the molecule is NC(=O)c1cccc(Oc2ccc(NC(=O)C(c3ccccc3)N3CCCC3)cn2)c1. The molecule has 1 fully saturated rings. The summed E-state index contributed by atoms with van der Waals surface area (Å²) in [5, 5.41) is 2.97. The Bertz CT molecular complexity index is 1050. The van der Waals surface area contributed by atoms with E-state index in [0.717, 1.165) is 31.5 Å². The lowest BCUT2D eigenvalue weighted by Crippen LogP contribution is -2.35. The Morgan fingerprint density at radius 3 is 2.45 bits per heavy atom. The summed E-state index contributed by atoms with van der Waals surface area (Å²) in [6, 6.07) is 19.5. The van der Waals surface area contributed by atoms with Crippen molar-refractivity contribution in [3.05, 3.63) is 84.1 Å². The van der Waals surface area contributed by atoms with Crippen LogP contribution in [0.4, 0.5) is 5.69 Å². The number of likely N-dealkylation sites (tertiary alicyclic amines) is 1. The molecule has 2 heterocycles. The van der Waals surface area contributed by atoms with Gasteiger partial charge in [-0.3, -0.25) is 14.5 Å². The van der Waals surface area contributed by atoms with Gasteiger partial charge >= 0.3 is 0 Å². The molecule has 3 N–H and O–H groups in total. The summed E-state index contributed by atoms with van der Waals surface area (Å²) in [6.45, 7) is 1.81. The average Bonchev–Trinajstić information content (AvgIpc) is 3.30. The molecule has 1 aliphatic rings. The molecule has 1 saturated heterocycles. The van der Waals surface area contributed by atoms with Gasteiger partial charge in [-0.25, -0.2) is 4.98 Å². The van der Waals surface area contributed by atoms with Crippen molar-refractivity contribution in [1.82, 2.24) is 9.88 Å². The maximum Gasteiger partial charge on any atom is 0.248 e. The first-order valence-corrected chi connectivity index (χ1v) is 10.2. The van der Waals surface area contributed by atoms with E-state index in [9.17, 15) is 9.59 Å². The third kappa shape index (κ3) is 5.07. The molecule has 0 aliphatic carbocycles. The zero-order valence-corrected chi connectivity index (χ0v) is 17.0. The molecule has 1 atom stereocenters. The van der Waals surface area contributed by atoms with Crippen LogP contribution in [0.25, 0.3) is 0 Å². The van der Waals surface area contributed by atoms with E-state index in [2.05, 4.69) is 15.2 Å². The molecule has 0 spiro atoms. The highest BCUT2D eigenvalue weighted by Crippen LogP contribution is 2.27. The molecule has 1 unspecified atom stereocenters.